The molecule has 1 aromatic rings. The summed E-state index contributed by atoms with van der Waals surface area (Å²) in [6, 6.07) is 2.67. The molecule has 1 atom stereocenters. The van der Waals surface area contributed by atoms with E-state index in [1.165, 1.54) is 19.1 Å². The van der Waals surface area contributed by atoms with Crippen molar-refractivity contribution in [2.24, 2.45) is 0 Å². The van der Waals surface area contributed by atoms with Crippen molar-refractivity contribution < 1.29 is 13.9 Å². The highest BCUT2D eigenvalue weighted by molar-refractivity contribution is 5.97. The third-order valence-electron chi connectivity index (χ3n) is 2.34. The molecule has 1 heterocycles. The standard InChI is InChI=1S/C11H11FO2/c1-6-3-8-4-9(12)5-10(7(2)13)11(8)14-6/h4-6H,3H2,1-2H3. The number of benzene rings is 1. The van der Waals surface area contributed by atoms with Crippen LogP contribution in [0.5, 0.6) is 5.75 Å². The van der Waals surface area contributed by atoms with Gasteiger partial charge in [0, 0.05) is 12.0 Å². The Morgan fingerprint density at radius 2 is 2.29 bits per heavy atom. The quantitative estimate of drug-likeness (QED) is 0.641. The van der Waals surface area contributed by atoms with Gasteiger partial charge < -0.3 is 4.74 Å². The van der Waals surface area contributed by atoms with Crippen molar-refractivity contribution in [1.29, 1.82) is 0 Å². The predicted octanol–water partition coefficient (Wildman–Crippen LogP) is 2.35. The molecule has 1 aromatic carbocycles. The smallest absolute Gasteiger partial charge is 0.163 e. The maximum atomic E-state index is 13.1. The van der Waals surface area contributed by atoms with E-state index >= 15 is 0 Å². The summed E-state index contributed by atoms with van der Waals surface area (Å²) in [6.07, 6.45) is 0.706. The van der Waals surface area contributed by atoms with Crippen LogP contribution < -0.4 is 4.74 Å². The fourth-order valence-corrected chi connectivity index (χ4v) is 1.75. The number of carbonyl (C=O) groups is 1. The van der Waals surface area contributed by atoms with Gasteiger partial charge in [0.2, 0.25) is 0 Å². The summed E-state index contributed by atoms with van der Waals surface area (Å²) in [6.45, 7) is 3.32. The SMILES string of the molecule is CC(=O)c1cc(F)cc2c1OC(C)C2. The molecule has 1 unspecified atom stereocenters. The normalized spacial score (nSPS) is 18.9. The monoisotopic (exact) mass is 194 g/mol. The predicted molar refractivity (Wildman–Crippen MR) is 50.2 cm³/mol. The Bertz CT molecular complexity index is 399. The molecule has 0 radical (unpaired) electrons. The van der Waals surface area contributed by atoms with Gasteiger partial charge in [-0.05, 0) is 26.0 Å². The lowest BCUT2D eigenvalue weighted by molar-refractivity contribution is 0.101. The van der Waals surface area contributed by atoms with Crippen LogP contribution in [0.2, 0.25) is 0 Å². The lowest BCUT2D eigenvalue weighted by atomic mass is 10.0. The Kier molecular flexibility index (Phi) is 2.02. The highest BCUT2D eigenvalue weighted by Crippen LogP contribution is 2.33. The van der Waals surface area contributed by atoms with E-state index in [0.717, 1.165) is 5.56 Å². The zero-order chi connectivity index (χ0) is 10.3. The molecule has 3 heteroatoms. The van der Waals surface area contributed by atoms with Crippen LogP contribution in [-0.4, -0.2) is 11.9 Å². The fourth-order valence-electron chi connectivity index (χ4n) is 1.75. The van der Waals surface area contributed by atoms with Crippen LogP contribution in [0.3, 0.4) is 0 Å². The summed E-state index contributed by atoms with van der Waals surface area (Å²) < 4.78 is 18.6. The van der Waals surface area contributed by atoms with E-state index in [1.807, 2.05) is 6.92 Å². The topological polar surface area (TPSA) is 26.3 Å². The van der Waals surface area contributed by atoms with Crippen LogP contribution in [0.15, 0.2) is 12.1 Å². The van der Waals surface area contributed by atoms with Crippen molar-refractivity contribution in [1.82, 2.24) is 0 Å². The van der Waals surface area contributed by atoms with Crippen LogP contribution >= 0.6 is 0 Å². The first-order valence-electron chi connectivity index (χ1n) is 4.58. The second-order valence-electron chi connectivity index (χ2n) is 3.63. The maximum Gasteiger partial charge on any atom is 0.163 e. The molecule has 0 spiro atoms. The van der Waals surface area contributed by atoms with Gasteiger partial charge in [0.15, 0.2) is 5.78 Å². The molecule has 0 saturated carbocycles. The van der Waals surface area contributed by atoms with Crippen molar-refractivity contribution in [3.8, 4) is 5.75 Å². The molecular weight excluding hydrogens is 183 g/mol. The molecule has 74 valence electrons. The number of rotatable bonds is 1. The van der Waals surface area contributed by atoms with Crippen LogP contribution in [0.25, 0.3) is 0 Å². The highest BCUT2D eigenvalue weighted by Gasteiger charge is 2.24. The first kappa shape index (κ1) is 9.19. The first-order valence-corrected chi connectivity index (χ1v) is 4.58. The molecule has 1 aliphatic heterocycles. The zero-order valence-electron chi connectivity index (χ0n) is 8.13. The molecule has 0 aromatic heterocycles. The Morgan fingerprint density at radius 1 is 1.57 bits per heavy atom. The molecule has 0 fully saturated rings. The van der Waals surface area contributed by atoms with Gasteiger partial charge in [-0.1, -0.05) is 0 Å². The summed E-state index contributed by atoms with van der Waals surface area (Å²) >= 11 is 0. The highest BCUT2D eigenvalue weighted by atomic mass is 19.1. The van der Waals surface area contributed by atoms with E-state index in [2.05, 4.69) is 0 Å². The molecule has 2 nitrogen and oxygen atoms in total. The third kappa shape index (κ3) is 1.39. The Morgan fingerprint density at radius 3 is 2.93 bits per heavy atom. The summed E-state index contributed by atoms with van der Waals surface area (Å²) in [4.78, 5) is 11.2. The van der Waals surface area contributed by atoms with Crippen molar-refractivity contribution in [2.45, 2.75) is 26.4 Å². The average Bonchev–Trinajstić information content (AvgIpc) is 2.42. The Balaban J connectivity index is 2.57. The van der Waals surface area contributed by atoms with E-state index in [4.69, 9.17) is 4.74 Å². The van der Waals surface area contributed by atoms with Gasteiger partial charge in [-0.3, -0.25) is 4.79 Å². The first-order chi connectivity index (χ1) is 6.58. The van der Waals surface area contributed by atoms with Crippen molar-refractivity contribution in [3.05, 3.63) is 29.1 Å². The number of Topliss-reactive ketones (excluding diaryl/α,β-unsaturated/α-hetero) is 1. The third-order valence-corrected chi connectivity index (χ3v) is 2.34. The minimum absolute atomic E-state index is 0.0323. The summed E-state index contributed by atoms with van der Waals surface area (Å²) in [7, 11) is 0. The molecule has 0 bridgehead atoms. The van der Waals surface area contributed by atoms with Gasteiger partial charge in [-0.15, -0.1) is 0 Å². The number of ketones is 1. The maximum absolute atomic E-state index is 13.1. The van der Waals surface area contributed by atoms with Crippen LogP contribution in [0.1, 0.15) is 29.8 Å². The number of ether oxygens (including phenoxy) is 1. The van der Waals surface area contributed by atoms with E-state index in [-0.39, 0.29) is 17.7 Å². The summed E-state index contributed by atoms with van der Waals surface area (Å²) in [5.41, 5.74) is 1.15. The van der Waals surface area contributed by atoms with E-state index in [0.29, 0.717) is 17.7 Å². The molecule has 0 aliphatic carbocycles. The number of carbonyl (C=O) groups excluding carboxylic acids is 1. The molecular formula is C11H11FO2. The van der Waals surface area contributed by atoms with Crippen molar-refractivity contribution >= 4 is 5.78 Å². The van der Waals surface area contributed by atoms with Crippen LogP contribution in [0.4, 0.5) is 4.39 Å². The Hall–Kier alpha value is -1.38. The number of hydrogen-bond donors (Lipinski definition) is 0. The van der Waals surface area contributed by atoms with Crippen molar-refractivity contribution in [2.75, 3.05) is 0 Å². The second kappa shape index (κ2) is 3.08. The van der Waals surface area contributed by atoms with Gasteiger partial charge in [-0.25, -0.2) is 4.39 Å². The van der Waals surface area contributed by atoms with Gasteiger partial charge >= 0.3 is 0 Å². The molecule has 14 heavy (non-hydrogen) atoms. The van der Waals surface area contributed by atoms with Crippen LogP contribution in [0, 0.1) is 5.82 Å². The van der Waals surface area contributed by atoms with Crippen molar-refractivity contribution in [3.63, 3.8) is 0 Å². The average molecular weight is 194 g/mol. The molecule has 2 rings (SSSR count). The lowest BCUT2D eigenvalue weighted by Gasteiger charge is -2.06. The lowest BCUT2D eigenvalue weighted by Crippen LogP contribution is -2.06. The molecule has 0 amide bonds. The van der Waals surface area contributed by atoms with Gasteiger partial charge in [0.1, 0.15) is 17.7 Å². The van der Waals surface area contributed by atoms with E-state index < -0.39 is 0 Å². The van der Waals surface area contributed by atoms with Gasteiger partial charge in [-0.2, -0.15) is 0 Å². The fraction of sp³-hybridized carbons (Fsp3) is 0.364. The molecule has 0 N–H and O–H groups in total. The molecule has 0 saturated heterocycles. The second-order valence-corrected chi connectivity index (χ2v) is 3.63. The van der Waals surface area contributed by atoms with Gasteiger partial charge in [0.25, 0.3) is 0 Å². The molecule has 1 aliphatic rings. The van der Waals surface area contributed by atoms with E-state index in [1.54, 1.807) is 0 Å². The number of hydrogen-bond acceptors (Lipinski definition) is 2. The van der Waals surface area contributed by atoms with Crippen LogP contribution in [-0.2, 0) is 6.42 Å². The van der Waals surface area contributed by atoms with Gasteiger partial charge in [0.05, 0.1) is 5.56 Å². The minimum Gasteiger partial charge on any atom is -0.489 e. The van der Waals surface area contributed by atoms with E-state index in [9.17, 15) is 9.18 Å². The summed E-state index contributed by atoms with van der Waals surface area (Å²) in [5.74, 6) is 0.0351. The largest absolute Gasteiger partial charge is 0.489 e. The number of fused-ring (bicyclic) bond motifs is 1. The number of halogens is 1. The Labute approximate surface area is 81.7 Å². The summed E-state index contributed by atoms with van der Waals surface area (Å²) in [5, 5.41) is 0. The minimum atomic E-state index is -0.369. The zero-order valence-corrected chi connectivity index (χ0v) is 8.13.